The van der Waals surface area contributed by atoms with Gasteiger partial charge in [-0.05, 0) is 24.4 Å². The maximum Gasteiger partial charge on any atom is 0.328 e. The SMILES string of the molecule is C=N[C@@H](Cc1ccc(N(CCCl)CCCl)cc1)C(=O)O. The lowest BCUT2D eigenvalue weighted by molar-refractivity contribution is -0.138. The van der Waals surface area contributed by atoms with Gasteiger partial charge in [-0.25, -0.2) is 4.79 Å². The fraction of sp³-hybridized carbons (Fsp3) is 0.429. The fourth-order valence-corrected chi connectivity index (χ4v) is 2.28. The summed E-state index contributed by atoms with van der Waals surface area (Å²) in [6.45, 7) is 4.75. The van der Waals surface area contributed by atoms with Crippen LogP contribution in [-0.2, 0) is 11.2 Å². The lowest BCUT2D eigenvalue weighted by atomic mass is 10.1. The molecule has 6 heteroatoms. The first-order valence-corrected chi connectivity index (χ1v) is 7.33. The van der Waals surface area contributed by atoms with Gasteiger partial charge >= 0.3 is 5.97 Å². The van der Waals surface area contributed by atoms with Crippen LogP contribution in [0.25, 0.3) is 0 Å². The molecule has 0 aliphatic carbocycles. The molecule has 110 valence electrons. The maximum absolute atomic E-state index is 10.9. The van der Waals surface area contributed by atoms with E-state index in [0.29, 0.717) is 18.2 Å². The number of benzene rings is 1. The first kappa shape index (κ1) is 16.8. The third kappa shape index (κ3) is 5.02. The molecule has 0 amide bonds. The number of rotatable bonds is 9. The largest absolute Gasteiger partial charge is 0.480 e. The van der Waals surface area contributed by atoms with Crippen molar-refractivity contribution in [3.05, 3.63) is 29.8 Å². The second-order valence-corrected chi connectivity index (χ2v) is 5.03. The van der Waals surface area contributed by atoms with E-state index in [1.165, 1.54) is 0 Å². The second kappa shape index (κ2) is 8.82. The Morgan fingerprint density at radius 2 is 1.80 bits per heavy atom. The quantitative estimate of drug-likeness (QED) is 0.563. The molecule has 1 rings (SSSR count). The van der Waals surface area contributed by atoms with Crippen molar-refractivity contribution in [2.75, 3.05) is 29.7 Å². The number of aliphatic imine (C=N–C) groups is 1. The Balaban J connectivity index is 2.76. The van der Waals surface area contributed by atoms with E-state index < -0.39 is 12.0 Å². The zero-order chi connectivity index (χ0) is 15.0. The Bertz CT molecular complexity index is 431. The molecule has 0 unspecified atom stereocenters. The zero-order valence-electron chi connectivity index (χ0n) is 11.1. The van der Waals surface area contributed by atoms with Gasteiger partial charge in [-0.3, -0.25) is 4.99 Å². The van der Waals surface area contributed by atoms with Gasteiger partial charge in [0.25, 0.3) is 0 Å². The van der Waals surface area contributed by atoms with Crippen molar-refractivity contribution >= 4 is 41.6 Å². The third-order valence-electron chi connectivity index (χ3n) is 2.94. The molecule has 1 aromatic rings. The van der Waals surface area contributed by atoms with E-state index in [0.717, 1.165) is 24.3 Å². The van der Waals surface area contributed by atoms with Crippen LogP contribution < -0.4 is 4.90 Å². The Hall–Kier alpha value is -1.26. The molecule has 0 aromatic heterocycles. The van der Waals surface area contributed by atoms with Crippen molar-refractivity contribution < 1.29 is 9.90 Å². The first-order valence-electron chi connectivity index (χ1n) is 6.26. The molecular formula is C14H18Cl2N2O2. The highest BCUT2D eigenvalue weighted by atomic mass is 35.5. The minimum atomic E-state index is -0.963. The van der Waals surface area contributed by atoms with E-state index in [9.17, 15) is 4.79 Å². The van der Waals surface area contributed by atoms with E-state index in [2.05, 4.69) is 16.6 Å². The first-order chi connectivity index (χ1) is 9.62. The Morgan fingerprint density at radius 1 is 1.25 bits per heavy atom. The van der Waals surface area contributed by atoms with E-state index >= 15 is 0 Å². The van der Waals surface area contributed by atoms with Gasteiger partial charge in [0.2, 0.25) is 0 Å². The molecule has 0 radical (unpaired) electrons. The summed E-state index contributed by atoms with van der Waals surface area (Å²) in [6.07, 6.45) is 0.337. The summed E-state index contributed by atoms with van der Waals surface area (Å²) < 4.78 is 0. The van der Waals surface area contributed by atoms with Crippen molar-refractivity contribution in [3.63, 3.8) is 0 Å². The summed E-state index contributed by atoms with van der Waals surface area (Å²) in [4.78, 5) is 16.6. The Labute approximate surface area is 129 Å². The van der Waals surface area contributed by atoms with Crippen molar-refractivity contribution in [2.45, 2.75) is 12.5 Å². The molecule has 0 spiro atoms. The summed E-state index contributed by atoms with van der Waals surface area (Å²) in [7, 11) is 0. The molecule has 0 aliphatic rings. The number of carbonyl (C=O) groups is 1. The number of hydrogen-bond donors (Lipinski definition) is 1. The molecular weight excluding hydrogens is 299 g/mol. The average molecular weight is 317 g/mol. The van der Waals surface area contributed by atoms with Crippen LogP contribution in [0.3, 0.4) is 0 Å². The number of aliphatic carboxylic acids is 1. The van der Waals surface area contributed by atoms with Gasteiger partial charge in [-0.15, -0.1) is 23.2 Å². The summed E-state index contributed by atoms with van der Waals surface area (Å²) >= 11 is 11.5. The van der Waals surface area contributed by atoms with E-state index in [-0.39, 0.29) is 0 Å². The van der Waals surface area contributed by atoms with Crippen molar-refractivity contribution in [3.8, 4) is 0 Å². The van der Waals surface area contributed by atoms with Crippen molar-refractivity contribution in [1.29, 1.82) is 0 Å². The predicted molar refractivity (Wildman–Crippen MR) is 84.8 cm³/mol. The summed E-state index contributed by atoms with van der Waals surface area (Å²) in [5.41, 5.74) is 1.93. The lowest BCUT2D eigenvalue weighted by Crippen LogP contribution is -2.27. The van der Waals surface area contributed by atoms with E-state index in [4.69, 9.17) is 28.3 Å². The number of carboxylic acids is 1. The molecule has 0 bridgehead atoms. The molecule has 0 aliphatic heterocycles. The highest BCUT2D eigenvalue weighted by molar-refractivity contribution is 6.18. The number of carboxylic acid groups (broad SMARTS) is 1. The van der Waals surface area contributed by atoms with Crippen molar-refractivity contribution in [2.24, 2.45) is 4.99 Å². The summed E-state index contributed by atoms with van der Waals surface area (Å²) in [5.74, 6) is 0.0928. The summed E-state index contributed by atoms with van der Waals surface area (Å²) in [6, 6.07) is 6.87. The molecule has 1 aromatic carbocycles. The van der Waals surface area contributed by atoms with Crippen LogP contribution in [0, 0.1) is 0 Å². The maximum atomic E-state index is 10.9. The molecule has 0 saturated carbocycles. The number of alkyl halides is 2. The highest BCUT2D eigenvalue weighted by Crippen LogP contribution is 2.17. The molecule has 0 heterocycles. The minimum Gasteiger partial charge on any atom is -0.480 e. The topological polar surface area (TPSA) is 52.9 Å². The highest BCUT2D eigenvalue weighted by Gasteiger charge is 2.15. The van der Waals surface area contributed by atoms with Gasteiger partial charge in [0.15, 0.2) is 6.04 Å². The smallest absolute Gasteiger partial charge is 0.328 e. The van der Waals surface area contributed by atoms with Crippen LogP contribution in [0.2, 0.25) is 0 Å². The minimum absolute atomic E-state index is 0.337. The molecule has 20 heavy (non-hydrogen) atoms. The third-order valence-corrected chi connectivity index (χ3v) is 3.28. The monoisotopic (exact) mass is 316 g/mol. The van der Waals surface area contributed by atoms with Gasteiger partial charge in [-0.1, -0.05) is 12.1 Å². The fourth-order valence-electron chi connectivity index (χ4n) is 1.87. The average Bonchev–Trinajstić information content (AvgIpc) is 2.45. The van der Waals surface area contributed by atoms with Gasteiger partial charge in [0.1, 0.15) is 0 Å². The summed E-state index contributed by atoms with van der Waals surface area (Å²) in [5, 5.41) is 8.95. The standard InChI is InChI=1S/C14H18Cl2N2O2/c1-17-13(14(19)20)10-11-2-4-12(5-3-11)18(8-6-15)9-7-16/h2-5,13H,1,6-10H2,(H,19,20)/t13-/m0/s1. The van der Waals surface area contributed by atoms with E-state index in [1.54, 1.807) is 0 Å². The second-order valence-electron chi connectivity index (χ2n) is 4.27. The molecule has 0 fully saturated rings. The lowest BCUT2D eigenvalue weighted by Gasteiger charge is -2.23. The number of halogens is 2. The number of hydrogen-bond acceptors (Lipinski definition) is 3. The van der Waals surface area contributed by atoms with Crippen LogP contribution in [0.15, 0.2) is 29.3 Å². The molecule has 1 N–H and O–H groups in total. The van der Waals surface area contributed by atoms with Crippen LogP contribution in [0.1, 0.15) is 5.56 Å². The van der Waals surface area contributed by atoms with Crippen LogP contribution in [-0.4, -0.2) is 48.7 Å². The van der Waals surface area contributed by atoms with Crippen LogP contribution >= 0.6 is 23.2 Å². The Kier molecular flexibility index (Phi) is 7.41. The number of anilines is 1. The Morgan fingerprint density at radius 3 is 2.20 bits per heavy atom. The van der Waals surface area contributed by atoms with Crippen molar-refractivity contribution in [1.82, 2.24) is 0 Å². The van der Waals surface area contributed by atoms with Crippen LogP contribution in [0.4, 0.5) is 5.69 Å². The molecule has 0 saturated heterocycles. The molecule has 4 nitrogen and oxygen atoms in total. The van der Waals surface area contributed by atoms with Gasteiger partial charge in [-0.2, -0.15) is 0 Å². The predicted octanol–water partition coefficient (Wildman–Crippen LogP) is 2.67. The van der Waals surface area contributed by atoms with Gasteiger partial charge in [0, 0.05) is 37.0 Å². The zero-order valence-corrected chi connectivity index (χ0v) is 12.6. The van der Waals surface area contributed by atoms with E-state index in [1.807, 2.05) is 24.3 Å². The normalized spacial score (nSPS) is 11.9. The molecule has 1 atom stereocenters. The number of nitrogens with zero attached hydrogens (tertiary/aromatic N) is 2. The van der Waals surface area contributed by atoms with Gasteiger partial charge < -0.3 is 10.0 Å². The van der Waals surface area contributed by atoms with Gasteiger partial charge in [0.05, 0.1) is 0 Å². The van der Waals surface area contributed by atoms with Crippen LogP contribution in [0.5, 0.6) is 0 Å².